The molecule has 4 rings (SSSR count). The van der Waals surface area contributed by atoms with E-state index in [9.17, 15) is 5.11 Å². The maximum Gasteiger partial charge on any atom is 0.242 e. The van der Waals surface area contributed by atoms with Gasteiger partial charge in [0.1, 0.15) is 17.2 Å². The first kappa shape index (κ1) is 32.8. The van der Waals surface area contributed by atoms with Gasteiger partial charge in [-0.25, -0.2) is 0 Å². The molecular formula is C34H41CoN3O4. The van der Waals surface area contributed by atoms with Crippen molar-refractivity contribution in [3.05, 3.63) is 95.2 Å². The Hall–Kier alpha value is -3.75. The van der Waals surface area contributed by atoms with Crippen molar-refractivity contribution in [2.45, 2.75) is 51.9 Å². The molecule has 8 heteroatoms. The van der Waals surface area contributed by atoms with Crippen molar-refractivity contribution < 1.29 is 36.1 Å². The molecule has 0 bridgehead atoms. The smallest absolute Gasteiger partial charge is 0.242 e. The predicted octanol–water partition coefficient (Wildman–Crippen LogP) is 7.49. The Morgan fingerprint density at radius 1 is 0.952 bits per heavy atom. The number of benzene rings is 3. The molecule has 0 amide bonds. The second-order valence-corrected chi connectivity index (χ2v) is 10.3. The summed E-state index contributed by atoms with van der Waals surface area (Å²) in [5.41, 5.74) is 4.79. The van der Waals surface area contributed by atoms with Crippen molar-refractivity contribution in [3.63, 3.8) is 0 Å². The average molecular weight is 615 g/mol. The normalized spacial score (nSPS) is 17.3. The summed E-state index contributed by atoms with van der Waals surface area (Å²) in [6.07, 6.45) is 7.55. The molecule has 1 N–H and O–H groups in total. The maximum absolute atomic E-state index is 10.7. The summed E-state index contributed by atoms with van der Waals surface area (Å²) < 4.78 is 17.0. The molecule has 225 valence electrons. The standard InChI is InChI=1S/C34H41N3O4.Co/c1-6-8-13-20-41-31-17-12-9-14-28(31)33(38)36-35-19-18-32-34(3,29-15-10-11-16-30(29)37(32)7-2)24-25-21-26(39-4)23-27(22-25)40-5;/h9-12,14-19,21-23H,6-8,13,20,24H2,1-5H3,(H,36,38);/b32-18-,35-19+;. The first-order chi connectivity index (χ1) is 19.9. The van der Waals surface area contributed by atoms with Crippen LogP contribution in [0.25, 0.3) is 0 Å². The molecule has 3 aromatic carbocycles. The summed E-state index contributed by atoms with van der Waals surface area (Å²) in [6.45, 7) is 7.94. The molecule has 7 nitrogen and oxygen atoms in total. The molecule has 0 spiro atoms. The van der Waals surface area contributed by atoms with Gasteiger partial charge in [-0.3, -0.25) is 0 Å². The van der Waals surface area contributed by atoms with Gasteiger partial charge in [-0.05, 0) is 74.2 Å². The van der Waals surface area contributed by atoms with Crippen molar-refractivity contribution in [2.24, 2.45) is 10.2 Å². The van der Waals surface area contributed by atoms with Gasteiger partial charge < -0.3 is 24.2 Å². The number of hydrogen-bond donors (Lipinski definition) is 1. The third-order valence-electron chi connectivity index (χ3n) is 7.52. The Bertz CT molecular complexity index is 1400. The first-order valence-electron chi connectivity index (χ1n) is 14.3. The molecule has 1 aliphatic rings. The second kappa shape index (κ2) is 15.5. The Labute approximate surface area is 260 Å². The molecule has 1 aliphatic heterocycles. The maximum atomic E-state index is 10.7. The molecule has 1 radical (unpaired) electrons. The Morgan fingerprint density at radius 2 is 1.64 bits per heavy atom. The number of allylic oxidation sites excluding steroid dienone is 2. The molecular weight excluding hydrogens is 573 g/mol. The molecule has 0 aliphatic carbocycles. The summed E-state index contributed by atoms with van der Waals surface area (Å²) >= 11 is 0. The van der Waals surface area contributed by atoms with Crippen LogP contribution in [-0.2, 0) is 28.6 Å². The number of ether oxygens (including phenoxy) is 3. The number of hydrogen-bond acceptors (Lipinski definition) is 6. The molecule has 0 aromatic heterocycles. The molecule has 1 unspecified atom stereocenters. The summed E-state index contributed by atoms with van der Waals surface area (Å²) in [6, 6.07) is 21.8. The summed E-state index contributed by atoms with van der Waals surface area (Å²) in [4.78, 5) is 2.31. The summed E-state index contributed by atoms with van der Waals surface area (Å²) in [5, 5.41) is 19.1. The van der Waals surface area contributed by atoms with E-state index in [1.807, 2.05) is 30.3 Å². The van der Waals surface area contributed by atoms with E-state index in [4.69, 9.17) is 14.2 Å². The van der Waals surface area contributed by atoms with Gasteiger partial charge in [-0.2, -0.15) is 5.10 Å². The van der Waals surface area contributed by atoms with Gasteiger partial charge in [-0.15, -0.1) is 5.10 Å². The number of nitrogens with zero attached hydrogens (tertiary/aromatic N) is 3. The van der Waals surface area contributed by atoms with Crippen LogP contribution < -0.4 is 19.1 Å². The zero-order chi connectivity index (χ0) is 29.2. The SMILES string of the molecule is CCCCCOc1ccccc1/C(O)=N/N=C/C=C1\N(CC)c2ccccc2C1(C)Cc1cc(OC)cc(OC)c1.[Co]. The molecule has 42 heavy (non-hydrogen) atoms. The summed E-state index contributed by atoms with van der Waals surface area (Å²) in [5.74, 6) is 1.93. The van der Waals surface area contributed by atoms with E-state index >= 15 is 0 Å². The number of anilines is 1. The molecule has 1 heterocycles. The Kier molecular flexibility index (Phi) is 12.1. The van der Waals surface area contributed by atoms with Crippen molar-refractivity contribution >= 4 is 17.8 Å². The zero-order valence-electron chi connectivity index (χ0n) is 25.1. The van der Waals surface area contributed by atoms with Crippen LogP contribution in [0.15, 0.2) is 88.7 Å². The van der Waals surface area contributed by atoms with Crippen LogP contribution in [-0.4, -0.2) is 44.6 Å². The molecule has 0 fully saturated rings. The molecule has 1 atom stereocenters. The first-order valence-corrected chi connectivity index (χ1v) is 14.3. The van der Waals surface area contributed by atoms with E-state index in [2.05, 4.69) is 72.3 Å². The van der Waals surface area contributed by atoms with E-state index in [0.717, 1.165) is 55.0 Å². The third kappa shape index (κ3) is 7.35. The minimum absolute atomic E-state index is 0. The molecule has 0 saturated carbocycles. The number of para-hydroxylation sites is 2. The monoisotopic (exact) mass is 614 g/mol. The Morgan fingerprint density at radius 3 is 2.33 bits per heavy atom. The summed E-state index contributed by atoms with van der Waals surface area (Å²) in [7, 11) is 3.33. The van der Waals surface area contributed by atoms with Gasteiger partial charge in [0.25, 0.3) is 0 Å². The van der Waals surface area contributed by atoms with Gasteiger partial charge in [0.15, 0.2) is 0 Å². The predicted molar refractivity (Wildman–Crippen MR) is 167 cm³/mol. The van der Waals surface area contributed by atoms with Gasteiger partial charge in [0, 0.05) is 46.2 Å². The van der Waals surface area contributed by atoms with Crippen molar-refractivity contribution in [1.82, 2.24) is 0 Å². The van der Waals surface area contributed by atoms with Crippen LogP contribution in [0.1, 0.15) is 56.7 Å². The van der Waals surface area contributed by atoms with E-state index in [0.29, 0.717) is 17.9 Å². The van der Waals surface area contributed by atoms with Crippen molar-refractivity contribution in [3.8, 4) is 17.2 Å². The molecule has 3 aromatic rings. The van der Waals surface area contributed by atoms with E-state index in [1.54, 1.807) is 26.5 Å². The van der Waals surface area contributed by atoms with Crippen LogP contribution in [0.3, 0.4) is 0 Å². The number of likely N-dealkylation sites (N-methyl/N-ethyl adjacent to an activating group) is 1. The van der Waals surface area contributed by atoms with Crippen molar-refractivity contribution in [1.29, 1.82) is 0 Å². The molecule has 0 saturated heterocycles. The van der Waals surface area contributed by atoms with Crippen LogP contribution >= 0.6 is 0 Å². The van der Waals surface area contributed by atoms with Crippen LogP contribution in [0.5, 0.6) is 17.2 Å². The number of aliphatic hydroxyl groups is 1. The third-order valence-corrected chi connectivity index (χ3v) is 7.52. The minimum atomic E-state index is -0.347. The van der Waals surface area contributed by atoms with Crippen LogP contribution in [0, 0.1) is 0 Å². The fourth-order valence-electron chi connectivity index (χ4n) is 5.48. The number of methoxy groups -OCH3 is 2. The second-order valence-electron chi connectivity index (χ2n) is 10.3. The van der Waals surface area contributed by atoms with Gasteiger partial charge in [0.2, 0.25) is 5.90 Å². The topological polar surface area (TPSA) is 75.9 Å². The van der Waals surface area contributed by atoms with E-state index < -0.39 is 0 Å². The zero-order valence-corrected chi connectivity index (χ0v) is 26.1. The van der Waals surface area contributed by atoms with Crippen LogP contribution in [0.2, 0.25) is 0 Å². The number of aliphatic hydroxyl groups excluding tert-OH is 1. The van der Waals surface area contributed by atoms with E-state index in [1.165, 1.54) is 11.3 Å². The fraction of sp³-hybridized carbons (Fsp3) is 0.353. The van der Waals surface area contributed by atoms with Gasteiger partial charge in [-0.1, -0.05) is 50.1 Å². The van der Waals surface area contributed by atoms with Crippen molar-refractivity contribution in [2.75, 3.05) is 32.3 Å². The fourth-order valence-corrected chi connectivity index (χ4v) is 5.48. The minimum Gasteiger partial charge on any atom is -0.497 e. The van der Waals surface area contributed by atoms with E-state index in [-0.39, 0.29) is 28.1 Å². The number of unbranched alkanes of at least 4 members (excludes halogenated alkanes) is 2. The quantitative estimate of drug-likeness (QED) is 0.0935. The Balaban J connectivity index is 0.00000484. The largest absolute Gasteiger partial charge is 0.497 e. The average Bonchev–Trinajstić information content (AvgIpc) is 3.23. The number of rotatable bonds is 13. The van der Waals surface area contributed by atoms with Gasteiger partial charge in [0.05, 0.1) is 32.6 Å². The van der Waals surface area contributed by atoms with Gasteiger partial charge >= 0.3 is 0 Å². The van der Waals surface area contributed by atoms with Crippen LogP contribution in [0.4, 0.5) is 5.69 Å². The number of fused-ring (bicyclic) bond motifs is 1.